The van der Waals surface area contributed by atoms with E-state index >= 15 is 0 Å². The van der Waals surface area contributed by atoms with Crippen LogP contribution >= 0.6 is 11.6 Å². The van der Waals surface area contributed by atoms with Crippen molar-refractivity contribution in [2.24, 2.45) is 0 Å². The Morgan fingerprint density at radius 2 is 1.86 bits per heavy atom. The van der Waals surface area contributed by atoms with E-state index in [-0.39, 0.29) is 5.56 Å². The Hall–Kier alpha value is -0.803. The maximum Gasteiger partial charge on any atom is 0.335 e. The average Bonchev–Trinajstić information content (AvgIpc) is 2.01. The molecule has 1 rings (SSSR count). The fourth-order valence-corrected chi connectivity index (χ4v) is 2.65. The molecule has 1 aromatic carbocycles. The molecule has 76 valence electrons. The Morgan fingerprint density at radius 1 is 1.29 bits per heavy atom. The third-order valence-corrected chi connectivity index (χ3v) is 4.25. The first-order valence-electron chi connectivity index (χ1n) is 4.35. The Labute approximate surface area is 89.5 Å². The summed E-state index contributed by atoms with van der Waals surface area (Å²) in [5.74, 6) is -0.924. The maximum absolute atomic E-state index is 10.8. The zero-order valence-corrected chi connectivity index (χ0v) is 10.2. The van der Waals surface area contributed by atoms with Gasteiger partial charge in [0.15, 0.2) is 0 Å². The van der Waals surface area contributed by atoms with Gasteiger partial charge in [-0.15, -0.1) is 0 Å². The molecule has 0 heterocycles. The monoisotopic (exact) mass is 228 g/mol. The largest absolute Gasteiger partial charge is 0.478 e. The summed E-state index contributed by atoms with van der Waals surface area (Å²) < 4.78 is 0. The van der Waals surface area contributed by atoms with Crippen molar-refractivity contribution in [3.8, 4) is 0 Å². The summed E-state index contributed by atoms with van der Waals surface area (Å²) in [4.78, 5) is 10.8. The first-order chi connectivity index (χ1) is 6.30. The maximum atomic E-state index is 10.8. The summed E-state index contributed by atoms with van der Waals surface area (Å²) in [6.07, 6.45) is 0. The van der Waals surface area contributed by atoms with Gasteiger partial charge >= 0.3 is 5.97 Å². The molecular formula is C10H13ClO2Si. The number of hydrogen-bond donors (Lipinski definition) is 1. The van der Waals surface area contributed by atoms with Crippen LogP contribution in [0.5, 0.6) is 0 Å². The van der Waals surface area contributed by atoms with E-state index < -0.39 is 14.0 Å². The first kappa shape index (κ1) is 11.3. The van der Waals surface area contributed by atoms with Gasteiger partial charge in [-0.1, -0.05) is 36.4 Å². The van der Waals surface area contributed by atoms with E-state index in [1.807, 2.05) is 6.07 Å². The quantitative estimate of drug-likeness (QED) is 0.791. The molecule has 0 unspecified atom stereocenters. The van der Waals surface area contributed by atoms with Gasteiger partial charge in [0.05, 0.1) is 13.6 Å². The molecule has 0 saturated carbocycles. The molecule has 0 aliphatic carbocycles. The van der Waals surface area contributed by atoms with Gasteiger partial charge in [0, 0.05) is 5.02 Å². The number of aromatic carboxylic acids is 1. The third kappa shape index (κ3) is 2.59. The second-order valence-electron chi connectivity index (χ2n) is 4.28. The van der Waals surface area contributed by atoms with Gasteiger partial charge in [0.1, 0.15) is 0 Å². The van der Waals surface area contributed by atoms with Crippen molar-refractivity contribution in [1.82, 2.24) is 0 Å². The van der Waals surface area contributed by atoms with E-state index in [0.29, 0.717) is 5.02 Å². The normalized spacial score (nSPS) is 11.4. The summed E-state index contributed by atoms with van der Waals surface area (Å²) in [5.41, 5.74) is 0.273. The fourth-order valence-electron chi connectivity index (χ4n) is 1.15. The van der Waals surface area contributed by atoms with Crippen molar-refractivity contribution in [2.45, 2.75) is 19.6 Å². The van der Waals surface area contributed by atoms with Crippen molar-refractivity contribution in [3.05, 3.63) is 28.8 Å². The Bertz CT molecular complexity index is 369. The van der Waals surface area contributed by atoms with Crippen LogP contribution in [0.2, 0.25) is 24.7 Å². The summed E-state index contributed by atoms with van der Waals surface area (Å²) in [6.45, 7) is 6.47. The lowest BCUT2D eigenvalue weighted by atomic mass is 10.2. The van der Waals surface area contributed by atoms with Crippen molar-refractivity contribution in [3.63, 3.8) is 0 Å². The lowest BCUT2D eigenvalue weighted by molar-refractivity contribution is 0.0697. The molecule has 14 heavy (non-hydrogen) atoms. The van der Waals surface area contributed by atoms with Gasteiger partial charge in [-0.25, -0.2) is 4.79 Å². The molecule has 0 radical (unpaired) electrons. The van der Waals surface area contributed by atoms with Crippen molar-refractivity contribution < 1.29 is 9.90 Å². The zero-order valence-electron chi connectivity index (χ0n) is 8.47. The van der Waals surface area contributed by atoms with Crippen LogP contribution < -0.4 is 5.19 Å². The Balaban J connectivity index is 3.28. The van der Waals surface area contributed by atoms with Gasteiger partial charge in [0.2, 0.25) is 0 Å². The highest BCUT2D eigenvalue weighted by molar-refractivity contribution is 6.88. The van der Waals surface area contributed by atoms with E-state index in [9.17, 15) is 4.79 Å². The molecule has 1 N–H and O–H groups in total. The highest BCUT2D eigenvalue weighted by Gasteiger charge is 2.18. The van der Waals surface area contributed by atoms with Crippen molar-refractivity contribution in [1.29, 1.82) is 0 Å². The first-order valence-corrected chi connectivity index (χ1v) is 8.23. The summed E-state index contributed by atoms with van der Waals surface area (Å²) >= 11 is 5.86. The minimum Gasteiger partial charge on any atom is -0.478 e. The number of carboxylic acid groups (broad SMARTS) is 1. The minimum absolute atomic E-state index is 0.273. The van der Waals surface area contributed by atoms with Crippen LogP contribution in [0.4, 0.5) is 0 Å². The molecule has 0 fully saturated rings. The molecule has 0 aliphatic heterocycles. The number of carbonyl (C=O) groups is 1. The van der Waals surface area contributed by atoms with Crippen molar-refractivity contribution in [2.75, 3.05) is 0 Å². The Morgan fingerprint density at radius 3 is 2.29 bits per heavy atom. The van der Waals surface area contributed by atoms with Gasteiger partial charge < -0.3 is 5.11 Å². The fraction of sp³-hybridized carbons (Fsp3) is 0.300. The second kappa shape index (κ2) is 3.75. The lowest BCUT2D eigenvalue weighted by Crippen LogP contribution is -2.38. The zero-order chi connectivity index (χ0) is 10.9. The number of benzene rings is 1. The molecule has 0 bridgehead atoms. The molecule has 2 nitrogen and oxygen atoms in total. The van der Waals surface area contributed by atoms with E-state index in [4.69, 9.17) is 16.7 Å². The highest BCUT2D eigenvalue weighted by atomic mass is 35.5. The lowest BCUT2D eigenvalue weighted by Gasteiger charge is -2.17. The molecule has 0 aromatic heterocycles. The van der Waals surface area contributed by atoms with Crippen LogP contribution in [0.25, 0.3) is 0 Å². The van der Waals surface area contributed by atoms with E-state index in [1.54, 1.807) is 6.07 Å². The third-order valence-electron chi connectivity index (χ3n) is 2.01. The SMILES string of the molecule is C[Si](C)(C)c1cc(Cl)cc(C(=O)O)c1. The summed E-state index contributed by atoms with van der Waals surface area (Å²) in [7, 11) is -1.49. The van der Waals surface area contributed by atoms with Gasteiger partial charge in [-0.3, -0.25) is 0 Å². The highest BCUT2D eigenvalue weighted by Crippen LogP contribution is 2.13. The molecule has 0 aliphatic rings. The van der Waals surface area contributed by atoms with Crippen LogP contribution in [0.15, 0.2) is 18.2 Å². The minimum atomic E-state index is -1.49. The molecule has 1 aromatic rings. The van der Waals surface area contributed by atoms with E-state index in [2.05, 4.69) is 19.6 Å². The molecule has 0 amide bonds. The van der Waals surface area contributed by atoms with Gasteiger partial charge in [-0.05, 0) is 18.2 Å². The van der Waals surface area contributed by atoms with Crippen molar-refractivity contribution >= 4 is 30.8 Å². The summed E-state index contributed by atoms with van der Waals surface area (Å²) in [6, 6.07) is 5.06. The predicted octanol–water partition coefficient (Wildman–Crippen LogP) is 2.58. The predicted molar refractivity (Wildman–Crippen MR) is 61.4 cm³/mol. The number of halogens is 1. The van der Waals surface area contributed by atoms with Crippen LogP contribution in [-0.2, 0) is 0 Å². The molecule has 0 saturated heterocycles. The van der Waals surface area contributed by atoms with Gasteiger partial charge in [-0.2, -0.15) is 0 Å². The molecule has 0 atom stereocenters. The average molecular weight is 229 g/mol. The molecule has 4 heteroatoms. The second-order valence-corrected chi connectivity index (χ2v) is 9.80. The topological polar surface area (TPSA) is 37.3 Å². The van der Waals surface area contributed by atoms with Crippen LogP contribution in [0.3, 0.4) is 0 Å². The van der Waals surface area contributed by atoms with Crippen LogP contribution in [0, 0.1) is 0 Å². The smallest absolute Gasteiger partial charge is 0.335 e. The number of rotatable bonds is 2. The van der Waals surface area contributed by atoms with Crippen LogP contribution in [-0.4, -0.2) is 19.1 Å². The molecular weight excluding hydrogens is 216 g/mol. The van der Waals surface area contributed by atoms with Gasteiger partial charge in [0.25, 0.3) is 0 Å². The number of hydrogen-bond acceptors (Lipinski definition) is 1. The summed E-state index contributed by atoms with van der Waals surface area (Å²) in [5, 5.41) is 10.4. The number of carboxylic acids is 1. The standard InChI is InChI=1S/C10H13ClO2Si/c1-14(2,3)9-5-7(10(12)13)4-8(11)6-9/h4-6H,1-3H3,(H,12,13). The molecule has 0 spiro atoms. The van der Waals surface area contributed by atoms with Crippen LogP contribution in [0.1, 0.15) is 10.4 Å². The Kier molecular flexibility index (Phi) is 3.02. The van der Waals surface area contributed by atoms with E-state index in [1.165, 1.54) is 6.07 Å². The van der Waals surface area contributed by atoms with E-state index in [0.717, 1.165) is 5.19 Å².